The Balaban J connectivity index is 0.00000171. The molecule has 0 aliphatic carbocycles. The molecule has 0 bridgehead atoms. The molecule has 0 saturated carbocycles. The molecular weight excluding hydrogens is 433 g/mol. The first-order valence-electron chi connectivity index (χ1n) is 10.7. The maximum atomic E-state index is 12.9. The Labute approximate surface area is 197 Å². The summed E-state index contributed by atoms with van der Waals surface area (Å²) in [6.07, 6.45) is 4.48. The highest BCUT2D eigenvalue weighted by Crippen LogP contribution is 2.26. The zero-order valence-electron chi connectivity index (χ0n) is 18.0. The molecule has 0 aromatic heterocycles. The third-order valence-corrected chi connectivity index (χ3v) is 6.20. The van der Waals surface area contributed by atoms with Crippen molar-refractivity contribution in [1.29, 1.82) is 0 Å². The van der Waals surface area contributed by atoms with Crippen molar-refractivity contribution in [2.45, 2.75) is 31.7 Å². The van der Waals surface area contributed by atoms with Crippen LogP contribution < -0.4 is 15.4 Å². The fourth-order valence-corrected chi connectivity index (χ4v) is 4.52. The van der Waals surface area contributed by atoms with Crippen molar-refractivity contribution in [2.75, 3.05) is 38.6 Å². The first-order valence-corrected chi connectivity index (χ1v) is 10.7. The van der Waals surface area contributed by atoms with Crippen molar-refractivity contribution >= 4 is 36.4 Å². The molecule has 170 valence electrons. The Morgan fingerprint density at radius 3 is 2.48 bits per heavy atom. The van der Waals surface area contributed by atoms with Crippen molar-refractivity contribution in [3.8, 4) is 16.9 Å². The molecule has 2 saturated heterocycles. The quantitative estimate of drug-likeness (QED) is 0.676. The van der Waals surface area contributed by atoms with E-state index in [0.717, 1.165) is 61.6 Å². The monoisotopic (exact) mass is 465 g/mol. The third-order valence-electron chi connectivity index (χ3n) is 6.20. The van der Waals surface area contributed by atoms with Crippen molar-refractivity contribution < 1.29 is 9.53 Å². The van der Waals surface area contributed by atoms with Crippen molar-refractivity contribution in [3.63, 3.8) is 0 Å². The molecule has 2 aliphatic heterocycles. The van der Waals surface area contributed by atoms with E-state index in [4.69, 9.17) is 4.74 Å². The van der Waals surface area contributed by atoms with E-state index in [0.29, 0.717) is 6.04 Å². The summed E-state index contributed by atoms with van der Waals surface area (Å²) < 4.78 is 5.31. The van der Waals surface area contributed by atoms with Gasteiger partial charge in [0.2, 0.25) is 5.91 Å². The summed E-state index contributed by atoms with van der Waals surface area (Å²) in [6.45, 7) is 4.21. The second kappa shape index (κ2) is 12.3. The van der Waals surface area contributed by atoms with Crippen LogP contribution in [0.15, 0.2) is 48.5 Å². The van der Waals surface area contributed by atoms with Crippen molar-refractivity contribution in [3.05, 3.63) is 48.5 Å². The van der Waals surface area contributed by atoms with Crippen LogP contribution in [0.3, 0.4) is 0 Å². The number of hydrogen-bond acceptors (Lipinski definition) is 4. The van der Waals surface area contributed by atoms with E-state index >= 15 is 0 Å². The normalized spacial score (nSPS) is 19.6. The third kappa shape index (κ3) is 6.59. The van der Waals surface area contributed by atoms with Crippen LogP contribution in [-0.4, -0.2) is 50.1 Å². The highest BCUT2D eigenvalue weighted by Gasteiger charge is 2.30. The SMILES string of the molecule is COc1cccc(-c2ccc(NC(=O)C3CCCN(C4CCNCC4)C3)cc2)c1.Cl.Cl. The lowest BCUT2D eigenvalue weighted by Gasteiger charge is -2.39. The molecule has 2 aromatic carbocycles. The number of anilines is 1. The molecule has 2 heterocycles. The van der Waals surface area contributed by atoms with Gasteiger partial charge in [-0.25, -0.2) is 0 Å². The number of ether oxygens (including phenoxy) is 1. The summed E-state index contributed by atoms with van der Waals surface area (Å²) >= 11 is 0. The summed E-state index contributed by atoms with van der Waals surface area (Å²) in [6, 6.07) is 16.7. The van der Waals surface area contributed by atoms with Gasteiger partial charge in [-0.2, -0.15) is 0 Å². The molecule has 0 radical (unpaired) electrons. The van der Waals surface area contributed by atoms with E-state index < -0.39 is 0 Å². The van der Waals surface area contributed by atoms with E-state index in [9.17, 15) is 4.79 Å². The van der Waals surface area contributed by atoms with Gasteiger partial charge in [-0.05, 0) is 80.7 Å². The molecule has 1 amide bonds. The zero-order chi connectivity index (χ0) is 20.1. The Hall–Kier alpha value is -1.79. The van der Waals surface area contributed by atoms with Crippen LogP contribution in [0.2, 0.25) is 0 Å². The Morgan fingerprint density at radius 1 is 1.03 bits per heavy atom. The van der Waals surface area contributed by atoms with E-state index in [1.807, 2.05) is 42.5 Å². The largest absolute Gasteiger partial charge is 0.497 e. The van der Waals surface area contributed by atoms with Crippen LogP contribution in [0.1, 0.15) is 25.7 Å². The van der Waals surface area contributed by atoms with Crippen LogP contribution >= 0.6 is 24.8 Å². The Bertz CT molecular complexity index is 826. The maximum Gasteiger partial charge on any atom is 0.228 e. The van der Waals surface area contributed by atoms with Crippen LogP contribution in [0, 0.1) is 5.92 Å². The topological polar surface area (TPSA) is 53.6 Å². The van der Waals surface area contributed by atoms with Gasteiger partial charge in [0.1, 0.15) is 5.75 Å². The highest BCUT2D eigenvalue weighted by atomic mass is 35.5. The highest BCUT2D eigenvalue weighted by molar-refractivity contribution is 5.93. The fourth-order valence-electron chi connectivity index (χ4n) is 4.52. The molecule has 2 aromatic rings. The molecule has 0 spiro atoms. The number of nitrogens with one attached hydrogen (secondary N) is 2. The average molecular weight is 466 g/mol. The van der Waals surface area contributed by atoms with Crippen molar-refractivity contribution in [1.82, 2.24) is 10.2 Å². The molecule has 2 fully saturated rings. The number of benzene rings is 2. The van der Waals surface area contributed by atoms with Crippen LogP contribution in [0.4, 0.5) is 5.69 Å². The number of halogens is 2. The molecule has 4 rings (SSSR count). The summed E-state index contributed by atoms with van der Waals surface area (Å²) in [5.41, 5.74) is 3.07. The fraction of sp³-hybridized carbons (Fsp3) is 0.458. The molecule has 1 atom stereocenters. The van der Waals surface area contributed by atoms with E-state index in [2.05, 4.69) is 21.6 Å². The first kappa shape index (κ1) is 25.5. The van der Waals surface area contributed by atoms with Gasteiger partial charge >= 0.3 is 0 Å². The number of methoxy groups -OCH3 is 1. The molecule has 2 aliphatic rings. The Kier molecular flexibility index (Phi) is 10.1. The van der Waals surface area contributed by atoms with E-state index in [1.165, 1.54) is 12.8 Å². The average Bonchev–Trinajstić information content (AvgIpc) is 2.80. The van der Waals surface area contributed by atoms with Gasteiger partial charge in [-0.1, -0.05) is 24.3 Å². The minimum atomic E-state index is 0. The van der Waals surface area contributed by atoms with Gasteiger partial charge in [0, 0.05) is 18.3 Å². The molecular formula is C24H33Cl2N3O2. The van der Waals surface area contributed by atoms with Gasteiger partial charge < -0.3 is 15.4 Å². The number of hydrogen-bond donors (Lipinski definition) is 2. The van der Waals surface area contributed by atoms with E-state index in [1.54, 1.807) is 7.11 Å². The second-order valence-electron chi connectivity index (χ2n) is 8.11. The Morgan fingerprint density at radius 2 is 1.77 bits per heavy atom. The summed E-state index contributed by atoms with van der Waals surface area (Å²) in [5, 5.41) is 6.56. The predicted octanol–water partition coefficient (Wildman–Crippen LogP) is 4.61. The van der Waals surface area contributed by atoms with Crippen LogP contribution in [0.25, 0.3) is 11.1 Å². The second-order valence-corrected chi connectivity index (χ2v) is 8.11. The number of carbonyl (C=O) groups is 1. The number of likely N-dealkylation sites (tertiary alicyclic amines) is 1. The number of rotatable bonds is 5. The van der Waals surface area contributed by atoms with Crippen molar-refractivity contribution in [2.24, 2.45) is 5.92 Å². The number of carbonyl (C=O) groups excluding carboxylic acids is 1. The minimum absolute atomic E-state index is 0. The number of nitrogens with zero attached hydrogens (tertiary/aromatic N) is 1. The first-order chi connectivity index (χ1) is 14.2. The lowest BCUT2D eigenvalue weighted by molar-refractivity contribution is -0.121. The standard InChI is InChI=1S/C24H31N3O2.2ClH/c1-29-23-6-2-4-19(16-23)18-7-9-21(10-8-18)26-24(28)20-5-3-15-27(17-20)22-11-13-25-14-12-22;;/h2,4,6-10,16,20,22,25H,3,5,11-15,17H2,1H3,(H,26,28);2*1H. The van der Waals surface area contributed by atoms with Gasteiger partial charge in [-0.3, -0.25) is 9.69 Å². The van der Waals surface area contributed by atoms with Crippen LogP contribution in [-0.2, 0) is 4.79 Å². The molecule has 5 nitrogen and oxygen atoms in total. The van der Waals surface area contributed by atoms with Gasteiger partial charge in [0.15, 0.2) is 0 Å². The van der Waals surface area contributed by atoms with Gasteiger partial charge in [0.05, 0.1) is 13.0 Å². The number of piperidine rings is 2. The van der Waals surface area contributed by atoms with Crippen LogP contribution in [0.5, 0.6) is 5.75 Å². The zero-order valence-corrected chi connectivity index (χ0v) is 19.6. The minimum Gasteiger partial charge on any atom is -0.497 e. The summed E-state index contributed by atoms with van der Waals surface area (Å²) in [7, 11) is 1.68. The predicted molar refractivity (Wildman–Crippen MR) is 132 cm³/mol. The van der Waals surface area contributed by atoms with Gasteiger partial charge in [0.25, 0.3) is 0 Å². The lowest BCUT2D eigenvalue weighted by Crippen LogP contribution is -2.49. The van der Waals surface area contributed by atoms with E-state index in [-0.39, 0.29) is 36.6 Å². The summed E-state index contributed by atoms with van der Waals surface area (Å²) in [4.78, 5) is 15.4. The number of amides is 1. The summed E-state index contributed by atoms with van der Waals surface area (Å²) in [5.74, 6) is 1.07. The molecule has 31 heavy (non-hydrogen) atoms. The maximum absolute atomic E-state index is 12.9. The lowest BCUT2D eigenvalue weighted by atomic mass is 9.93. The molecule has 7 heteroatoms. The molecule has 2 N–H and O–H groups in total. The van der Waals surface area contributed by atoms with Gasteiger partial charge in [-0.15, -0.1) is 24.8 Å². The smallest absolute Gasteiger partial charge is 0.228 e. The molecule has 1 unspecified atom stereocenters.